The lowest BCUT2D eigenvalue weighted by Crippen LogP contribution is -2.36. The number of aromatic nitrogens is 3. The molecule has 3 heterocycles. The van der Waals surface area contributed by atoms with Gasteiger partial charge in [-0.15, -0.1) is 0 Å². The first-order valence-electron chi connectivity index (χ1n) is 8.60. The van der Waals surface area contributed by atoms with Gasteiger partial charge >= 0.3 is 0 Å². The molecule has 0 atom stereocenters. The molecule has 5 rings (SSSR count). The SMILES string of the molecule is O=C(c1ccnc(C2CC2)n1)N1CCc2[nH]c3ccc(F)cc3c2C1. The van der Waals surface area contributed by atoms with Crippen LogP contribution in [0.25, 0.3) is 10.9 Å². The predicted molar refractivity (Wildman–Crippen MR) is 90.7 cm³/mol. The summed E-state index contributed by atoms with van der Waals surface area (Å²) < 4.78 is 13.6. The highest BCUT2D eigenvalue weighted by atomic mass is 19.1. The third-order valence-corrected chi connectivity index (χ3v) is 5.06. The Bertz CT molecular complexity index is 992. The quantitative estimate of drug-likeness (QED) is 0.782. The Morgan fingerprint density at radius 3 is 3.00 bits per heavy atom. The molecule has 6 heteroatoms. The molecule has 3 aromatic rings. The molecule has 0 saturated heterocycles. The first kappa shape index (κ1) is 14.6. The summed E-state index contributed by atoms with van der Waals surface area (Å²) in [6.45, 7) is 1.10. The summed E-state index contributed by atoms with van der Waals surface area (Å²) in [5.74, 6) is 0.846. The van der Waals surface area contributed by atoms with Gasteiger partial charge in [-0.2, -0.15) is 0 Å². The Balaban J connectivity index is 1.46. The molecule has 0 bridgehead atoms. The molecule has 0 spiro atoms. The number of rotatable bonds is 2. The summed E-state index contributed by atoms with van der Waals surface area (Å²) in [4.78, 5) is 26.8. The van der Waals surface area contributed by atoms with Gasteiger partial charge in [-0.25, -0.2) is 14.4 Å². The lowest BCUT2D eigenvalue weighted by molar-refractivity contribution is 0.0728. The van der Waals surface area contributed by atoms with E-state index in [1.165, 1.54) is 12.1 Å². The molecule has 5 nitrogen and oxygen atoms in total. The van der Waals surface area contributed by atoms with Crippen LogP contribution in [0.4, 0.5) is 4.39 Å². The molecular weight excluding hydrogens is 319 g/mol. The molecule has 25 heavy (non-hydrogen) atoms. The normalized spacial score (nSPS) is 16.9. The molecule has 1 fully saturated rings. The maximum Gasteiger partial charge on any atom is 0.272 e. The minimum absolute atomic E-state index is 0.0827. The highest BCUT2D eigenvalue weighted by molar-refractivity contribution is 5.93. The van der Waals surface area contributed by atoms with Gasteiger partial charge in [0.25, 0.3) is 5.91 Å². The van der Waals surface area contributed by atoms with E-state index in [1.807, 2.05) is 0 Å². The Labute approximate surface area is 143 Å². The van der Waals surface area contributed by atoms with Crippen molar-refractivity contribution in [1.82, 2.24) is 19.9 Å². The minimum atomic E-state index is -0.261. The lowest BCUT2D eigenvalue weighted by Gasteiger charge is -2.27. The molecule has 126 valence electrons. The Hall–Kier alpha value is -2.76. The zero-order valence-corrected chi connectivity index (χ0v) is 13.6. The van der Waals surface area contributed by atoms with Crippen molar-refractivity contribution in [2.45, 2.75) is 31.7 Å². The molecule has 1 aliphatic carbocycles. The van der Waals surface area contributed by atoms with E-state index < -0.39 is 0 Å². The standard InChI is InChI=1S/C19H17FN4O/c20-12-3-4-15-13(9-12)14-10-24(8-6-16(14)22-15)19(25)17-5-7-21-18(23-17)11-1-2-11/h3-5,7,9,11,22H,1-2,6,8,10H2. The number of nitrogens with zero attached hydrogens (tertiary/aromatic N) is 3. The van der Waals surface area contributed by atoms with Crippen LogP contribution >= 0.6 is 0 Å². The first-order valence-corrected chi connectivity index (χ1v) is 8.60. The van der Waals surface area contributed by atoms with Gasteiger partial charge in [-0.05, 0) is 37.1 Å². The van der Waals surface area contributed by atoms with Crippen molar-refractivity contribution >= 4 is 16.8 Å². The van der Waals surface area contributed by atoms with E-state index in [0.29, 0.717) is 24.7 Å². The second kappa shape index (κ2) is 5.37. The number of halogens is 1. The predicted octanol–water partition coefficient (Wildman–Crippen LogP) is 3.17. The van der Waals surface area contributed by atoms with Crippen LogP contribution in [0.2, 0.25) is 0 Å². The van der Waals surface area contributed by atoms with Crippen molar-refractivity contribution in [1.29, 1.82) is 0 Å². The number of amides is 1. The van der Waals surface area contributed by atoms with Gasteiger partial charge in [0.15, 0.2) is 0 Å². The van der Waals surface area contributed by atoms with Crippen molar-refractivity contribution in [2.75, 3.05) is 6.54 Å². The summed E-state index contributed by atoms with van der Waals surface area (Å²) in [6, 6.07) is 6.42. The average Bonchev–Trinajstić information content (AvgIpc) is 3.43. The molecule has 0 radical (unpaired) electrons. The molecule has 1 amide bonds. The van der Waals surface area contributed by atoms with Crippen LogP contribution in [0.5, 0.6) is 0 Å². The maximum atomic E-state index is 13.6. The summed E-state index contributed by atoms with van der Waals surface area (Å²) in [6.07, 6.45) is 4.61. The smallest absolute Gasteiger partial charge is 0.272 e. The molecule has 1 aromatic carbocycles. The fourth-order valence-electron chi connectivity index (χ4n) is 3.55. The fourth-order valence-corrected chi connectivity index (χ4v) is 3.55. The number of H-pyrrole nitrogens is 1. The molecular formula is C19H17FN4O. The van der Waals surface area contributed by atoms with Crippen LogP contribution in [-0.2, 0) is 13.0 Å². The monoisotopic (exact) mass is 336 g/mol. The second-order valence-corrected chi connectivity index (χ2v) is 6.82. The van der Waals surface area contributed by atoms with E-state index in [2.05, 4.69) is 15.0 Å². The van der Waals surface area contributed by atoms with Gasteiger partial charge in [-0.1, -0.05) is 0 Å². The molecule has 1 saturated carbocycles. The zero-order valence-electron chi connectivity index (χ0n) is 13.6. The first-order chi connectivity index (χ1) is 12.2. The Kier molecular flexibility index (Phi) is 3.13. The fraction of sp³-hybridized carbons (Fsp3) is 0.316. The van der Waals surface area contributed by atoms with Gasteiger partial charge in [0, 0.05) is 53.8 Å². The van der Waals surface area contributed by atoms with Crippen LogP contribution in [0, 0.1) is 5.82 Å². The molecule has 1 N–H and O–H groups in total. The van der Waals surface area contributed by atoms with Gasteiger partial charge in [0.05, 0.1) is 0 Å². The number of carbonyl (C=O) groups excluding carboxylic acids is 1. The second-order valence-electron chi connectivity index (χ2n) is 6.82. The zero-order chi connectivity index (χ0) is 17.0. The van der Waals surface area contributed by atoms with Crippen LogP contribution in [0.1, 0.15) is 46.3 Å². The van der Waals surface area contributed by atoms with E-state index in [0.717, 1.165) is 47.2 Å². The van der Waals surface area contributed by atoms with Crippen LogP contribution in [-0.4, -0.2) is 32.3 Å². The third kappa shape index (κ3) is 2.49. The third-order valence-electron chi connectivity index (χ3n) is 5.06. The maximum absolute atomic E-state index is 13.6. The van der Waals surface area contributed by atoms with Crippen molar-refractivity contribution in [3.63, 3.8) is 0 Å². The number of aromatic amines is 1. The van der Waals surface area contributed by atoms with Crippen molar-refractivity contribution < 1.29 is 9.18 Å². The largest absolute Gasteiger partial charge is 0.358 e. The minimum Gasteiger partial charge on any atom is -0.358 e. The van der Waals surface area contributed by atoms with Crippen LogP contribution < -0.4 is 0 Å². The summed E-state index contributed by atoms with van der Waals surface area (Å²) in [7, 11) is 0. The number of nitrogens with one attached hydrogen (secondary N) is 1. The van der Waals surface area contributed by atoms with Crippen molar-refractivity contribution in [3.8, 4) is 0 Å². The summed E-state index contributed by atoms with van der Waals surface area (Å²) in [5, 5.41) is 0.855. The Morgan fingerprint density at radius 2 is 2.16 bits per heavy atom. The number of hydrogen-bond acceptors (Lipinski definition) is 3. The van der Waals surface area contributed by atoms with E-state index in [1.54, 1.807) is 23.2 Å². The topological polar surface area (TPSA) is 61.9 Å². The summed E-state index contributed by atoms with van der Waals surface area (Å²) in [5.41, 5.74) is 3.46. The van der Waals surface area contributed by atoms with Gasteiger partial charge in [0.1, 0.15) is 17.3 Å². The van der Waals surface area contributed by atoms with Gasteiger partial charge < -0.3 is 9.88 Å². The molecule has 0 unspecified atom stereocenters. The van der Waals surface area contributed by atoms with E-state index >= 15 is 0 Å². The number of benzene rings is 1. The van der Waals surface area contributed by atoms with Crippen LogP contribution in [0.15, 0.2) is 30.5 Å². The number of carbonyl (C=O) groups is 1. The van der Waals surface area contributed by atoms with Crippen LogP contribution in [0.3, 0.4) is 0 Å². The van der Waals surface area contributed by atoms with Gasteiger partial charge in [-0.3, -0.25) is 4.79 Å². The Morgan fingerprint density at radius 1 is 1.28 bits per heavy atom. The number of hydrogen-bond donors (Lipinski definition) is 1. The highest BCUT2D eigenvalue weighted by Gasteiger charge is 2.29. The highest BCUT2D eigenvalue weighted by Crippen LogP contribution is 2.37. The molecule has 1 aliphatic heterocycles. The lowest BCUT2D eigenvalue weighted by atomic mass is 10.0. The summed E-state index contributed by atoms with van der Waals surface area (Å²) >= 11 is 0. The van der Waals surface area contributed by atoms with E-state index in [4.69, 9.17) is 0 Å². The van der Waals surface area contributed by atoms with Crippen molar-refractivity contribution in [3.05, 3.63) is 59.1 Å². The van der Waals surface area contributed by atoms with Crippen molar-refractivity contribution in [2.24, 2.45) is 0 Å². The number of fused-ring (bicyclic) bond motifs is 3. The molecule has 2 aromatic heterocycles. The average molecular weight is 336 g/mol. The van der Waals surface area contributed by atoms with Gasteiger partial charge in [0.2, 0.25) is 0 Å². The van der Waals surface area contributed by atoms with E-state index in [9.17, 15) is 9.18 Å². The van der Waals surface area contributed by atoms with E-state index in [-0.39, 0.29) is 11.7 Å². The molecule has 2 aliphatic rings.